The molecule has 160 valence electrons. The van der Waals surface area contributed by atoms with E-state index in [0.717, 1.165) is 14.7 Å². The Kier molecular flexibility index (Phi) is 6.36. The van der Waals surface area contributed by atoms with Gasteiger partial charge in [0.2, 0.25) is 5.90 Å². The molecular weight excluding hydrogens is 521 g/mol. The second-order valence-corrected chi connectivity index (χ2v) is 8.13. The summed E-state index contributed by atoms with van der Waals surface area (Å²) in [7, 11) is 1.48. The lowest BCUT2D eigenvalue weighted by molar-refractivity contribution is -0.129. The molecular formula is C25H18INO5. The predicted octanol–water partition coefficient (Wildman–Crippen LogP) is 5.17. The highest BCUT2D eigenvalue weighted by atomic mass is 127. The Morgan fingerprint density at radius 3 is 2.53 bits per heavy atom. The maximum atomic E-state index is 12.3. The molecule has 32 heavy (non-hydrogen) atoms. The van der Waals surface area contributed by atoms with E-state index in [9.17, 15) is 9.59 Å². The number of cyclic esters (lactones) is 1. The van der Waals surface area contributed by atoms with Gasteiger partial charge in [0.05, 0.1) is 12.7 Å². The molecule has 0 amide bonds. The number of ether oxygens (including phenoxy) is 3. The van der Waals surface area contributed by atoms with Crippen LogP contribution in [0.2, 0.25) is 0 Å². The van der Waals surface area contributed by atoms with Crippen LogP contribution < -0.4 is 9.47 Å². The van der Waals surface area contributed by atoms with Crippen molar-refractivity contribution in [1.29, 1.82) is 0 Å². The van der Waals surface area contributed by atoms with Crippen LogP contribution in [0.3, 0.4) is 0 Å². The number of aliphatic imine (C=N–C) groups is 1. The molecule has 0 spiro atoms. The van der Waals surface area contributed by atoms with Gasteiger partial charge in [0, 0.05) is 9.13 Å². The van der Waals surface area contributed by atoms with Crippen LogP contribution in [0.25, 0.3) is 6.08 Å². The number of methoxy groups -OCH3 is 1. The first-order chi connectivity index (χ1) is 15.4. The molecule has 4 rings (SSSR count). The van der Waals surface area contributed by atoms with E-state index in [-0.39, 0.29) is 17.3 Å². The van der Waals surface area contributed by atoms with Gasteiger partial charge in [-0.15, -0.1) is 0 Å². The maximum Gasteiger partial charge on any atom is 0.363 e. The van der Waals surface area contributed by atoms with Gasteiger partial charge < -0.3 is 14.2 Å². The van der Waals surface area contributed by atoms with Crippen molar-refractivity contribution < 1.29 is 23.8 Å². The van der Waals surface area contributed by atoms with Gasteiger partial charge >= 0.3 is 11.9 Å². The molecule has 0 radical (unpaired) electrons. The van der Waals surface area contributed by atoms with Gasteiger partial charge in [0.15, 0.2) is 17.2 Å². The first kappa shape index (κ1) is 21.8. The van der Waals surface area contributed by atoms with Crippen molar-refractivity contribution >= 4 is 46.5 Å². The fourth-order valence-corrected chi connectivity index (χ4v) is 3.40. The van der Waals surface area contributed by atoms with Gasteiger partial charge in [-0.05, 0) is 89.2 Å². The van der Waals surface area contributed by atoms with E-state index in [2.05, 4.69) is 27.6 Å². The van der Waals surface area contributed by atoms with Crippen LogP contribution in [0.5, 0.6) is 11.5 Å². The van der Waals surface area contributed by atoms with Gasteiger partial charge in [-0.25, -0.2) is 14.6 Å². The summed E-state index contributed by atoms with van der Waals surface area (Å²) in [6.45, 7) is 1.98. The van der Waals surface area contributed by atoms with E-state index >= 15 is 0 Å². The minimum Gasteiger partial charge on any atom is -0.493 e. The highest BCUT2D eigenvalue weighted by Crippen LogP contribution is 2.30. The molecule has 0 saturated heterocycles. The molecule has 3 aromatic rings. The van der Waals surface area contributed by atoms with E-state index in [1.54, 1.807) is 48.5 Å². The summed E-state index contributed by atoms with van der Waals surface area (Å²) in [6.07, 6.45) is 1.60. The van der Waals surface area contributed by atoms with E-state index in [0.29, 0.717) is 16.9 Å². The van der Waals surface area contributed by atoms with E-state index in [4.69, 9.17) is 14.2 Å². The summed E-state index contributed by atoms with van der Waals surface area (Å²) in [5.74, 6) is -0.129. The standard InChI is InChI=1S/C25H18INO5/c1-15-12-18(9-10-19(15)26)23-27-20(25(29)32-23)13-16-8-11-21(22(14-16)30-2)31-24(28)17-6-4-3-5-7-17/h3-14H,1-2H3/b20-13-. The fraction of sp³-hybridized carbons (Fsp3) is 0.0800. The number of esters is 2. The summed E-state index contributed by atoms with van der Waals surface area (Å²) in [5, 5.41) is 0. The lowest BCUT2D eigenvalue weighted by Gasteiger charge is -2.10. The summed E-state index contributed by atoms with van der Waals surface area (Å²) >= 11 is 2.24. The molecule has 7 heteroatoms. The number of benzene rings is 3. The minimum atomic E-state index is -0.533. The van der Waals surface area contributed by atoms with Crippen molar-refractivity contribution in [2.45, 2.75) is 6.92 Å². The van der Waals surface area contributed by atoms with E-state index in [1.807, 2.05) is 31.2 Å². The average molecular weight is 539 g/mol. The molecule has 1 aliphatic rings. The Labute approximate surface area is 198 Å². The minimum absolute atomic E-state index is 0.173. The van der Waals surface area contributed by atoms with Gasteiger partial charge in [0.1, 0.15) is 0 Å². The molecule has 1 aliphatic heterocycles. The third-order valence-corrected chi connectivity index (χ3v) is 5.94. The summed E-state index contributed by atoms with van der Waals surface area (Å²) in [5.41, 5.74) is 3.07. The van der Waals surface area contributed by atoms with Crippen LogP contribution in [-0.2, 0) is 9.53 Å². The Bertz CT molecular complexity index is 1260. The molecule has 6 nitrogen and oxygen atoms in total. The molecule has 0 bridgehead atoms. The van der Waals surface area contributed by atoms with Crippen LogP contribution in [0.1, 0.15) is 27.0 Å². The topological polar surface area (TPSA) is 74.2 Å². The van der Waals surface area contributed by atoms with Crippen molar-refractivity contribution in [3.63, 3.8) is 0 Å². The highest BCUT2D eigenvalue weighted by molar-refractivity contribution is 14.1. The number of hydrogen-bond acceptors (Lipinski definition) is 6. The van der Waals surface area contributed by atoms with Gasteiger partial charge in [-0.1, -0.05) is 24.3 Å². The SMILES string of the molecule is COc1cc(/C=C2\N=C(c3ccc(I)c(C)c3)OC2=O)ccc1OC(=O)c1ccccc1. The first-order valence-electron chi connectivity index (χ1n) is 9.69. The first-order valence-corrected chi connectivity index (χ1v) is 10.8. The van der Waals surface area contributed by atoms with Crippen LogP contribution in [0.15, 0.2) is 77.4 Å². The number of halogens is 1. The number of hydrogen-bond donors (Lipinski definition) is 0. The predicted molar refractivity (Wildman–Crippen MR) is 129 cm³/mol. The van der Waals surface area contributed by atoms with Crippen LogP contribution in [-0.4, -0.2) is 24.9 Å². The largest absolute Gasteiger partial charge is 0.493 e. The zero-order chi connectivity index (χ0) is 22.7. The highest BCUT2D eigenvalue weighted by Gasteiger charge is 2.24. The summed E-state index contributed by atoms with van der Waals surface area (Å²) in [6, 6.07) is 19.4. The second kappa shape index (κ2) is 9.35. The second-order valence-electron chi connectivity index (χ2n) is 6.97. The molecule has 0 fully saturated rings. The van der Waals surface area contributed by atoms with Crippen LogP contribution in [0, 0.1) is 10.5 Å². The van der Waals surface area contributed by atoms with Crippen LogP contribution >= 0.6 is 22.6 Å². The van der Waals surface area contributed by atoms with E-state index in [1.165, 1.54) is 7.11 Å². The zero-order valence-corrected chi connectivity index (χ0v) is 19.5. The molecule has 0 aliphatic carbocycles. The third-order valence-electron chi connectivity index (χ3n) is 4.73. The average Bonchev–Trinajstić information content (AvgIpc) is 3.17. The maximum absolute atomic E-state index is 12.3. The number of aryl methyl sites for hydroxylation is 1. The van der Waals surface area contributed by atoms with Crippen molar-refractivity contribution in [2.75, 3.05) is 7.11 Å². The van der Waals surface area contributed by atoms with E-state index < -0.39 is 11.9 Å². The van der Waals surface area contributed by atoms with Crippen molar-refractivity contribution in [3.05, 3.63) is 98.3 Å². The fourth-order valence-electron chi connectivity index (χ4n) is 3.06. The zero-order valence-electron chi connectivity index (χ0n) is 17.3. The molecule has 0 saturated carbocycles. The Morgan fingerprint density at radius 1 is 1.03 bits per heavy atom. The molecule has 1 heterocycles. The Balaban J connectivity index is 1.58. The molecule has 3 aromatic carbocycles. The molecule has 0 aromatic heterocycles. The third kappa shape index (κ3) is 4.72. The smallest absolute Gasteiger partial charge is 0.363 e. The monoisotopic (exact) mass is 539 g/mol. The molecule has 0 unspecified atom stereocenters. The quantitative estimate of drug-likeness (QED) is 0.194. The Morgan fingerprint density at radius 2 is 1.81 bits per heavy atom. The number of rotatable bonds is 5. The summed E-state index contributed by atoms with van der Waals surface area (Å²) in [4.78, 5) is 29.0. The number of carbonyl (C=O) groups excluding carboxylic acids is 2. The lowest BCUT2D eigenvalue weighted by Crippen LogP contribution is -2.09. The van der Waals surface area contributed by atoms with Crippen LogP contribution in [0.4, 0.5) is 0 Å². The van der Waals surface area contributed by atoms with Crippen molar-refractivity contribution in [1.82, 2.24) is 0 Å². The number of carbonyl (C=O) groups is 2. The lowest BCUT2D eigenvalue weighted by atomic mass is 10.1. The van der Waals surface area contributed by atoms with Gasteiger partial charge in [-0.2, -0.15) is 0 Å². The summed E-state index contributed by atoms with van der Waals surface area (Å²) < 4.78 is 17.3. The molecule has 0 atom stereocenters. The molecule has 0 N–H and O–H groups in total. The number of nitrogens with zero attached hydrogens (tertiary/aromatic N) is 1. The van der Waals surface area contributed by atoms with Gasteiger partial charge in [-0.3, -0.25) is 0 Å². The van der Waals surface area contributed by atoms with Gasteiger partial charge in [0.25, 0.3) is 0 Å². The normalized spacial score (nSPS) is 14.2. The Hall–Kier alpha value is -3.46. The van der Waals surface area contributed by atoms with Crippen molar-refractivity contribution in [2.24, 2.45) is 4.99 Å². The van der Waals surface area contributed by atoms with Crippen molar-refractivity contribution in [3.8, 4) is 11.5 Å².